The number of halogens is 3. The molecule has 142 valence electrons. The molecule has 0 unspecified atom stereocenters. The molecule has 0 heterocycles. The minimum absolute atomic E-state index is 0.0107. The van der Waals surface area contributed by atoms with E-state index in [2.05, 4.69) is 0 Å². The summed E-state index contributed by atoms with van der Waals surface area (Å²) in [4.78, 5) is 0. The first-order valence-electron chi connectivity index (χ1n) is 8.07. The summed E-state index contributed by atoms with van der Waals surface area (Å²) in [6, 6.07) is 10.3. The molecule has 0 bridgehead atoms. The van der Waals surface area contributed by atoms with E-state index in [9.17, 15) is 21.6 Å². The number of unbranched alkanes of at least 4 members (excludes halogenated alkanes) is 2. The molecular weight excluding hydrogens is 369 g/mol. The minimum atomic E-state index is -4.56. The van der Waals surface area contributed by atoms with Crippen LogP contribution in [0.25, 0.3) is 0 Å². The Morgan fingerprint density at radius 1 is 0.962 bits per heavy atom. The van der Waals surface area contributed by atoms with E-state index in [0.29, 0.717) is 6.42 Å². The summed E-state index contributed by atoms with van der Waals surface area (Å²) < 4.78 is 73.2. The molecule has 0 saturated heterocycles. The summed E-state index contributed by atoms with van der Waals surface area (Å²) in [5.41, 5.74) is -0.918. The van der Waals surface area contributed by atoms with Crippen molar-refractivity contribution in [1.82, 2.24) is 0 Å². The lowest BCUT2D eigenvalue weighted by Crippen LogP contribution is -2.13. The monoisotopic (exact) mass is 388 g/mol. The van der Waals surface area contributed by atoms with E-state index in [-0.39, 0.29) is 23.0 Å². The van der Waals surface area contributed by atoms with Crippen LogP contribution in [0.15, 0.2) is 48.5 Å². The lowest BCUT2D eigenvalue weighted by molar-refractivity contribution is -0.138. The maximum Gasteiger partial charge on any atom is 0.419 e. The number of hydrogen-bond acceptors (Lipinski definition) is 4. The highest BCUT2D eigenvalue weighted by molar-refractivity contribution is 7.87. The molecule has 0 saturated carbocycles. The van der Waals surface area contributed by atoms with Crippen LogP contribution in [0.4, 0.5) is 13.2 Å². The fraction of sp³-hybridized carbons (Fsp3) is 0.333. The van der Waals surface area contributed by atoms with Gasteiger partial charge in [-0.25, -0.2) is 0 Å². The number of alkyl halides is 3. The molecule has 0 aromatic heterocycles. The van der Waals surface area contributed by atoms with E-state index >= 15 is 0 Å². The first kappa shape index (κ1) is 20.1. The van der Waals surface area contributed by atoms with Crippen LogP contribution in [-0.4, -0.2) is 14.2 Å². The van der Waals surface area contributed by atoms with E-state index < -0.39 is 21.9 Å². The van der Waals surface area contributed by atoms with Crippen molar-refractivity contribution < 1.29 is 30.5 Å². The van der Waals surface area contributed by atoms with E-state index in [1.807, 2.05) is 6.92 Å². The van der Waals surface area contributed by atoms with E-state index in [0.717, 1.165) is 18.9 Å². The third-order valence-electron chi connectivity index (χ3n) is 3.45. The molecule has 0 aliphatic heterocycles. The standard InChI is InChI=1S/C18H19F3O4S/c1-2-3-6-12-26(22,23)25-15-9-7-8-14(13-15)24-17-11-5-4-10-16(17)18(19,20)21/h4-5,7-11,13H,2-3,6,12H2,1H3. The summed E-state index contributed by atoms with van der Waals surface area (Å²) in [5.74, 6) is -0.461. The van der Waals surface area contributed by atoms with Gasteiger partial charge in [-0.3, -0.25) is 0 Å². The highest BCUT2D eigenvalue weighted by Gasteiger charge is 2.34. The first-order chi connectivity index (χ1) is 12.2. The Morgan fingerprint density at radius 3 is 2.35 bits per heavy atom. The van der Waals surface area contributed by atoms with Crippen LogP contribution in [-0.2, 0) is 16.3 Å². The Morgan fingerprint density at radius 2 is 1.65 bits per heavy atom. The molecule has 0 atom stereocenters. The minimum Gasteiger partial charge on any atom is -0.457 e. The van der Waals surface area contributed by atoms with Gasteiger partial charge in [0.2, 0.25) is 0 Å². The fourth-order valence-corrected chi connectivity index (χ4v) is 3.26. The summed E-state index contributed by atoms with van der Waals surface area (Å²) in [7, 11) is -3.76. The highest BCUT2D eigenvalue weighted by Crippen LogP contribution is 2.38. The predicted octanol–water partition coefficient (Wildman–Crippen LogP) is 5.40. The maximum atomic E-state index is 13.0. The number of rotatable bonds is 8. The molecule has 0 fully saturated rings. The van der Waals surface area contributed by atoms with Gasteiger partial charge in [-0.2, -0.15) is 21.6 Å². The number of hydrogen-bond donors (Lipinski definition) is 0. The highest BCUT2D eigenvalue weighted by atomic mass is 32.2. The van der Waals surface area contributed by atoms with Crippen LogP contribution in [0.1, 0.15) is 31.7 Å². The van der Waals surface area contributed by atoms with Crippen molar-refractivity contribution in [2.24, 2.45) is 0 Å². The molecule has 2 rings (SSSR count). The van der Waals surface area contributed by atoms with E-state index in [1.165, 1.54) is 42.5 Å². The molecule has 26 heavy (non-hydrogen) atoms. The quantitative estimate of drug-likeness (QED) is 0.449. The number of para-hydroxylation sites is 1. The Bertz CT molecular complexity index is 832. The smallest absolute Gasteiger partial charge is 0.419 e. The molecule has 0 aliphatic carbocycles. The van der Waals surface area contributed by atoms with Gasteiger partial charge in [0.05, 0.1) is 11.3 Å². The Hall–Kier alpha value is -2.22. The topological polar surface area (TPSA) is 52.6 Å². The van der Waals surface area contributed by atoms with Crippen LogP contribution in [0.3, 0.4) is 0 Å². The summed E-state index contributed by atoms with van der Waals surface area (Å²) in [5, 5.41) is 0. The molecule has 0 N–H and O–H groups in total. The van der Waals surface area contributed by atoms with Gasteiger partial charge in [-0.1, -0.05) is 38.0 Å². The predicted molar refractivity (Wildman–Crippen MR) is 91.9 cm³/mol. The number of benzene rings is 2. The molecule has 0 spiro atoms. The van der Waals surface area contributed by atoms with Crippen molar-refractivity contribution in [1.29, 1.82) is 0 Å². The average Bonchev–Trinajstić information content (AvgIpc) is 2.54. The van der Waals surface area contributed by atoms with Crippen LogP contribution >= 0.6 is 0 Å². The zero-order valence-electron chi connectivity index (χ0n) is 14.1. The third-order valence-corrected chi connectivity index (χ3v) is 4.68. The van der Waals surface area contributed by atoms with Crippen molar-refractivity contribution in [3.8, 4) is 17.2 Å². The van der Waals surface area contributed by atoms with Crippen molar-refractivity contribution in [2.45, 2.75) is 32.4 Å². The van der Waals surface area contributed by atoms with Crippen LogP contribution < -0.4 is 8.92 Å². The third kappa shape index (κ3) is 5.94. The van der Waals surface area contributed by atoms with Gasteiger partial charge < -0.3 is 8.92 Å². The van der Waals surface area contributed by atoms with Crippen LogP contribution in [0, 0.1) is 0 Å². The molecular formula is C18H19F3O4S. The van der Waals surface area contributed by atoms with Gasteiger partial charge in [0, 0.05) is 6.07 Å². The Balaban J connectivity index is 2.16. The molecule has 8 heteroatoms. The molecule has 0 aliphatic rings. The van der Waals surface area contributed by atoms with Gasteiger partial charge in [0.25, 0.3) is 0 Å². The SMILES string of the molecule is CCCCCS(=O)(=O)Oc1cccc(Oc2ccccc2C(F)(F)F)c1. The second-order valence-corrected chi connectivity index (χ2v) is 7.31. The van der Waals surface area contributed by atoms with Crippen molar-refractivity contribution in [3.05, 3.63) is 54.1 Å². The summed E-state index contributed by atoms with van der Waals surface area (Å²) in [6.07, 6.45) is -2.45. The Labute approximate surface area is 150 Å². The molecule has 4 nitrogen and oxygen atoms in total. The van der Waals surface area contributed by atoms with Crippen molar-refractivity contribution in [2.75, 3.05) is 5.75 Å². The largest absolute Gasteiger partial charge is 0.457 e. The first-order valence-corrected chi connectivity index (χ1v) is 9.65. The lowest BCUT2D eigenvalue weighted by Gasteiger charge is -2.14. The molecule has 2 aromatic carbocycles. The van der Waals surface area contributed by atoms with E-state index in [4.69, 9.17) is 8.92 Å². The zero-order chi connectivity index (χ0) is 19.2. The summed E-state index contributed by atoms with van der Waals surface area (Å²) in [6.45, 7) is 1.95. The number of ether oxygens (including phenoxy) is 1. The van der Waals surface area contributed by atoms with Gasteiger partial charge in [0.1, 0.15) is 17.2 Å². The fourth-order valence-electron chi connectivity index (χ4n) is 2.22. The van der Waals surface area contributed by atoms with E-state index in [1.54, 1.807) is 0 Å². The van der Waals surface area contributed by atoms with Crippen molar-refractivity contribution >= 4 is 10.1 Å². The molecule has 0 radical (unpaired) electrons. The second-order valence-electron chi connectivity index (χ2n) is 5.62. The lowest BCUT2D eigenvalue weighted by atomic mass is 10.2. The van der Waals surface area contributed by atoms with Crippen LogP contribution in [0.2, 0.25) is 0 Å². The van der Waals surface area contributed by atoms with Crippen molar-refractivity contribution in [3.63, 3.8) is 0 Å². The normalized spacial score (nSPS) is 12.0. The van der Waals surface area contributed by atoms with Gasteiger partial charge in [-0.05, 0) is 30.7 Å². The zero-order valence-corrected chi connectivity index (χ0v) is 14.9. The van der Waals surface area contributed by atoms with Crippen LogP contribution in [0.5, 0.6) is 17.2 Å². The Kier molecular flexibility index (Phi) is 6.52. The van der Waals surface area contributed by atoms with Gasteiger partial charge >= 0.3 is 16.3 Å². The summed E-state index contributed by atoms with van der Waals surface area (Å²) >= 11 is 0. The van der Waals surface area contributed by atoms with Gasteiger partial charge in [-0.15, -0.1) is 0 Å². The molecule has 2 aromatic rings. The maximum absolute atomic E-state index is 13.0. The second kappa shape index (κ2) is 8.44. The van der Waals surface area contributed by atoms with Gasteiger partial charge in [0.15, 0.2) is 0 Å². The molecule has 0 amide bonds. The average molecular weight is 388 g/mol.